The van der Waals surface area contributed by atoms with E-state index in [1.807, 2.05) is 0 Å². The molecule has 30 heavy (non-hydrogen) atoms. The van der Waals surface area contributed by atoms with Crippen molar-refractivity contribution in [3.63, 3.8) is 0 Å². The molecule has 3 amide bonds. The number of amides is 3. The lowest BCUT2D eigenvalue weighted by atomic mass is 10.2. The minimum Gasteiger partial charge on any atom is -0.343 e. The second kappa shape index (κ2) is 8.65. The number of carbonyl (C=O) groups excluding carboxylic acids is 3. The lowest BCUT2D eigenvalue weighted by Gasteiger charge is -2.23. The first kappa shape index (κ1) is 20.1. The lowest BCUT2D eigenvalue weighted by molar-refractivity contribution is -0.131. The number of hydrogen-bond donors (Lipinski definition) is 1. The van der Waals surface area contributed by atoms with Gasteiger partial charge in [0.25, 0.3) is 5.91 Å². The first-order valence-electron chi connectivity index (χ1n) is 10.2. The Morgan fingerprint density at radius 2 is 1.77 bits per heavy atom. The molecule has 7 heteroatoms. The van der Waals surface area contributed by atoms with E-state index in [9.17, 15) is 18.8 Å². The van der Waals surface area contributed by atoms with Gasteiger partial charge in [-0.05, 0) is 61.2 Å². The van der Waals surface area contributed by atoms with E-state index < -0.39 is 0 Å². The van der Waals surface area contributed by atoms with E-state index in [0.29, 0.717) is 25.1 Å². The van der Waals surface area contributed by atoms with Crippen molar-refractivity contribution in [2.24, 2.45) is 0 Å². The highest BCUT2D eigenvalue weighted by molar-refractivity contribution is 5.98. The maximum Gasteiger partial charge on any atom is 0.251 e. The average Bonchev–Trinajstić information content (AvgIpc) is 3.51. The number of nitrogens with one attached hydrogen (secondary N) is 1. The molecule has 156 valence electrons. The van der Waals surface area contributed by atoms with Crippen molar-refractivity contribution in [2.45, 2.75) is 38.3 Å². The summed E-state index contributed by atoms with van der Waals surface area (Å²) in [4.78, 5) is 40.4. The van der Waals surface area contributed by atoms with Crippen LogP contribution in [0.2, 0.25) is 0 Å². The Balaban J connectivity index is 1.33. The fraction of sp³-hybridized carbons (Fsp3) is 0.348. The highest BCUT2D eigenvalue weighted by Crippen LogP contribution is 2.28. The third-order valence-electron chi connectivity index (χ3n) is 5.49. The summed E-state index contributed by atoms with van der Waals surface area (Å²) < 4.78 is 13.1. The van der Waals surface area contributed by atoms with Gasteiger partial charge in [-0.1, -0.05) is 12.1 Å². The van der Waals surface area contributed by atoms with Crippen LogP contribution in [-0.2, 0) is 16.1 Å². The van der Waals surface area contributed by atoms with Crippen LogP contribution in [0.1, 0.15) is 41.6 Å². The van der Waals surface area contributed by atoms with Crippen molar-refractivity contribution in [2.75, 3.05) is 18.0 Å². The van der Waals surface area contributed by atoms with Gasteiger partial charge in [0.2, 0.25) is 11.8 Å². The average molecular weight is 409 g/mol. The Bertz CT molecular complexity index is 939. The van der Waals surface area contributed by atoms with Crippen LogP contribution in [-0.4, -0.2) is 41.8 Å². The minimum absolute atomic E-state index is 0.0944. The van der Waals surface area contributed by atoms with Gasteiger partial charge >= 0.3 is 0 Å². The Labute approximate surface area is 174 Å². The fourth-order valence-electron chi connectivity index (χ4n) is 3.67. The third kappa shape index (κ3) is 4.67. The van der Waals surface area contributed by atoms with Crippen molar-refractivity contribution in [3.8, 4) is 0 Å². The van der Waals surface area contributed by atoms with Gasteiger partial charge in [0.15, 0.2) is 0 Å². The summed E-state index contributed by atoms with van der Waals surface area (Å²) in [7, 11) is 0. The molecule has 1 saturated carbocycles. The number of hydrogen-bond acceptors (Lipinski definition) is 3. The van der Waals surface area contributed by atoms with Gasteiger partial charge < -0.3 is 15.1 Å². The molecule has 0 spiro atoms. The summed E-state index contributed by atoms with van der Waals surface area (Å²) in [5.74, 6) is -0.704. The van der Waals surface area contributed by atoms with E-state index in [1.54, 1.807) is 46.2 Å². The van der Waals surface area contributed by atoms with E-state index in [4.69, 9.17) is 0 Å². The van der Waals surface area contributed by atoms with Crippen LogP contribution in [0.5, 0.6) is 0 Å². The zero-order chi connectivity index (χ0) is 21.1. The number of carbonyl (C=O) groups is 3. The highest BCUT2D eigenvalue weighted by atomic mass is 19.1. The van der Waals surface area contributed by atoms with E-state index in [-0.39, 0.29) is 36.1 Å². The van der Waals surface area contributed by atoms with Crippen molar-refractivity contribution < 1.29 is 18.8 Å². The summed E-state index contributed by atoms with van der Waals surface area (Å²) in [6.07, 6.45) is 3.29. The van der Waals surface area contributed by atoms with Crippen molar-refractivity contribution in [3.05, 3.63) is 65.5 Å². The predicted octanol–water partition coefficient (Wildman–Crippen LogP) is 2.87. The highest BCUT2D eigenvalue weighted by Gasteiger charge is 2.32. The van der Waals surface area contributed by atoms with Gasteiger partial charge in [-0.25, -0.2) is 4.39 Å². The molecule has 0 unspecified atom stereocenters. The van der Waals surface area contributed by atoms with Crippen LogP contribution in [0.15, 0.2) is 48.5 Å². The Hall–Kier alpha value is -3.22. The standard InChI is InChI=1S/C23H24FN3O3/c24-18-7-3-16(4-8-18)15-27(20-11-12-20)22(29)14-25-23(30)17-5-9-19(10-6-17)26-13-1-2-21(26)28/h3-10,20H,1-2,11-15H2,(H,25,30). The first-order valence-corrected chi connectivity index (χ1v) is 10.2. The number of anilines is 1. The van der Waals surface area contributed by atoms with Gasteiger partial charge in [-0.2, -0.15) is 0 Å². The number of benzene rings is 2. The normalized spacial score (nSPS) is 15.9. The van der Waals surface area contributed by atoms with Crippen LogP contribution in [0.4, 0.5) is 10.1 Å². The zero-order valence-electron chi connectivity index (χ0n) is 16.6. The molecule has 0 radical (unpaired) electrons. The SMILES string of the molecule is O=C(NCC(=O)N(Cc1ccc(F)cc1)C1CC1)c1ccc(N2CCCC2=O)cc1. The smallest absolute Gasteiger partial charge is 0.251 e. The molecule has 1 N–H and O–H groups in total. The van der Waals surface area contributed by atoms with Crippen LogP contribution in [0.25, 0.3) is 0 Å². The van der Waals surface area contributed by atoms with Crippen LogP contribution in [0, 0.1) is 5.82 Å². The molecule has 6 nitrogen and oxygen atoms in total. The summed E-state index contributed by atoms with van der Waals surface area (Å²) >= 11 is 0. The molecule has 0 atom stereocenters. The van der Waals surface area contributed by atoms with E-state index in [2.05, 4.69) is 5.32 Å². The quantitative estimate of drug-likeness (QED) is 0.765. The second-order valence-electron chi connectivity index (χ2n) is 7.76. The minimum atomic E-state index is -0.333. The van der Waals surface area contributed by atoms with E-state index in [1.165, 1.54) is 12.1 Å². The van der Waals surface area contributed by atoms with Gasteiger partial charge in [-0.3, -0.25) is 14.4 Å². The van der Waals surface area contributed by atoms with E-state index >= 15 is 0 Å². The van der Waals surface area contributed by atoms with Crippen molar-refractivity contribution in [1.29, 1.82) is 0 Å². The molecule has 2 aliphatic rings. The molecule has 0 bridgehead atoms. The van der Waals surface area contributed by atoms with Crippen LogP contribution < -0.4 is 10.2 Å². The first-order chi connectivity index (χ1) is 14.5. The number of nitrogens with zero attached hydrogens (tertiary/aromatic N) is 2. The van der Waals surface area contributed by atoms with Gasteiger partial charge in [0, 0.05) is 36.8 Å². The Morgan fingerprint density at radius 3 is 2.37 bits per heavy atom. The Kier molecular flexibility index (Phi) is 5.79. The van der Waals surface area contributed by atoms with E-state index in [0.717, 1.165) is 30.5 Å². The number of rotatable bonds is 7. The molecule has 4 rings (SSSR count). The van der Waals surface area contributed by atoms with Gasteiger partial charge in [0.05, 0.1) is 6.54 Å². The summed E-state index contributed by atoms with van der Waals surface area (Å²) in [6, 6.07) is 13.1. The molecule has 2 fully saturated rings. The molecule has 1 aliphatic carbocycles. The summed E-state index contributed by atoms with van der Waals surface area (Å²) in [6.45, 7) is 1.00. The number of halogens is 1. The topological polar surface area (TPSA) is 69.7 Å². The van der Waals surface area contributed by atoms with Gasteiger partial charge in [-0.15, -0.1) is 0 Å². The summed E-state index contributed by atoms with van der Waals surface area (Å²) in [5, 5.41) is 2.68. The van der Waals surface area contributed by atoms with Crippen LogP contribution in [0.3, 0.4) is 0 Å². The van der Waals surface area contributed by atoms with Crippen molar-refractivity contribution in [1.82, 2.24) is 10.2 Å². The molecule has 2 aromatic rings. The second-order valence-corrected chi connectivity index (χ2v) is 7.76. The summed E-state index contributed by atoms with van der Waals surface area (Å²) in [5.41, 5.74) is 2.08. The molecule has 0 aromatic heterocycles. The fourth-order valence-corrected chi connectivity index (χ4v) is 3.67. The molecule has 1 aliphatic heterocycles. The van der Waals surface area contributed by atoms with Gasteiger partial charge in [0.1, 0.15) is 5.82 Å². The van der Waals surface area contributed by atoms with Crippen molar-refractivity contribution >= 4 is 23.4 Å². The predicted molar refractivity (Wildman–Crippen MR) is 110 cm³/mol. The maximum absolute atomic E-state index is 13.1. The molecule has 1 saturated heterocycles. The zero-order valence-corrected chi connectivity index (χ0v) is 16.6. The molecule has 2 aromatic carbocycles. The monoisotopic (exact) mass is 409 g/mol. The molecular formula is C23H24FN3O3. The molecular weight excluding hydrogens is 385 g/mol. The Morgan fingerprint density at radius 1 is 1.07 bits per heavy atom. The molecule has 1 heterocycles. The lowest BCUT2D eigenvalue weighted by Crippen LogP contribution is -2.41. The largest absolute Gasteiger partial charge is 0.343 e. The maximum atomic E-state index is 13.1. The van der Waals surface area contributed by atoms with Crippen LogP contribution >= 0.6 is 0 Å². The third-order valence-corrected chi connectivity index (χ3v) is 5.49.